The Morgan fingerprint density at radius 1 is 1.14 bits per heavy atom. The van der Waals surface area contributed by atoms with E-state index in [1.165, 1.54) is 0 Å². The number of hydrogen-bond acceptors (Lipinski definition) is 4. The van der Waals surface area contributed by atoms with Crippen molar-refractivity contribution in [3.05, 3.63) is 59.9 Å². The van der Waals surface area contributed by atoms with Crippen molar-refractivity contribution in [3.8, 4) is 21.9 Å². The van der Waals surface area contributed by atoms with E-state index < -0.39 is 0 Å². The first kappa shape index (κ1) is 12.4. The Balaban J connectivity index is 1.79. The van der Waals surface area contributed by atoms with Gasteiger partial charge in [-0.2, -0.15) is 0 Å². The molecule has 1 N–H and O–H groups in total. The number of fused-ring (bicyclic) bond motifs is 1. The van der Waals surface area contributed by atoms with Gasteiger partial charge in [-0.15, -0.1) is 11.3 Å². The molecule has 0 atom stereocenters. The molecule has 5 heteroatoms. The normalized spacial score (nSPS) is 11.3. The summed E-state index contributed by atoms with van der Waals surface area (Å²) >= 11 is 1.68. The summed E-state index contributed by atoms with van der Waals surface area (Å²) in [5, 5.41) is 11.1. The van der Waals surface area contributed by atoms with Gasteiger partial charge in [0.05, 0.1) is 10.6 Å². The summed E-state index contributed by atoms with van der Waals surface area (Å²) in [6, 6.07) is 11.7. The van der Waals surface area contributed by atoms with Crippen molar-refractivity contribution in [2.45, 2.75) is 6.61 Å². The zero-order valence-electron chi connectivity index (χ0n) is 11.1. The second-order valence-electron chi connectivity index (χ2n) is 4.71. The molecule has 4 nitrogen and oxygen atoms in total. The van der Waals surface area contributed by atoms with Gasteiger partial charge >= 0.3 is 0 Å². The number of rotatable bonds is 3. The predicted molar refractivity (Wildman–Crippen MR) is 82.1 cm³/mol. The van der Waals surface area contributed by atoms with Crippen LogP contribution in [-0.4, -0.2) is 14.5 Å². The Morgan fingerprint density at radius 3 is 2.86 bits per heavy atom. The first-order valence-electron chi connectivity index (χ1n) is 6.56. The summed E-state index contributed by atoms with van der Waals surface area (Å²) in [6.07, 6.45) is 4.00. The molecule has 0 fully saturated rings. The molecule has 0 spiro atoms. The van der Waals surface area contributed by atoms with E-state index in [0.717, 1.165) is 27.5 Å². The number of aliphatic hydroxyl groups excluding tert-OH is 1. The monoisotopic (exact) mass is 296 g/mol. The first-order chi connectivity index (χ1) is 10.3. The van der Waals surface area contributed by atoms with E-state index in [1.54, 1.807) is 17.4 Å². The van der Waals surface area contributed by atoms with Gasteiger partial charge in [0.2, 0.25) is 0 Å². The SMILES string of the molecule is OCc1ccc(-c2ccc3nc(-c4cccs4)cn3c2)o1. The lowest BCUT2D eigenvalue weighted by atomic mass is 10.2. The van der Waals surface area contributed by atoms with Crippen LogP contribution in [0.2, 0.25) is 0 Å². The lowest BCUT2D eigenvalue weighted by Gasteiger charge is -1.98. The molecule has 0 saturated heterocycles. The van der Waals surface area contributed by atoms with Crippen LogP contribution in [0, 0.1) is 0 Å². The summed E-state index contributed by atoms with van der Waals surface area (Å²) in [6.45, 7) is -0.0875. The highest BCUT2D eigenvalue weighted by molar-refractivity contribution is 7.13. The van der Waals surface area contributed by atoms with Crippen molar-refractivity contribution in [2.24, 2.45) is 0 Å². The molecular formula is C16H12N2O2S. The minimum atomic E-state index is -0.0875. The Morgan fingerprint density at radius 2 is 2.10 bits per heavy atom. The van der Waals surface area contributed by atoms with Crippen LogP contribution in [0.15, 0.2) is 58.6 Å². The summed E-state index contributed by atoms with van der Waals surface area (Å²) in [7, 11) is 0. The van der Waals surface area contributed by atoms with Crippen LogP contribution < -0.4 is 0 Å². The molecule has 0 saturated carbocycles. The van der Waals surface area contributed by atoms with Crippen LogP contribution in [-0.2, 0) is 6.61 Å². The van der Waals surface area contributed by atoms with Gasteiger partial charge < -0.3 is 13.9 Å². The molecule has 4 heterocycles. The minimum absolute atomic E-state index is 0.0875. The molecule has 0 unspecified atom stereocenters. The van der Waals surface area contributed by atoms with Crippen molar-refractivity contribution < 1.29 is 9.52 Å². The fourth-order valence-electron chi connectivity index (χ4n) is 2.30. The minimum Gasteiger partial charge on any atom is -0.459 e. The third kappa shape index (κ3) is 2.16. The van der Waals surface area contributed by atoms with Gasteiger partial charge in [0.25, 0.3) is 0 Å². The summed E-state index contributed by atoms with van der Waals surface area (Å²) < 4.78 is 7.56. The van der Waals surface area contributed by atoms with E-state index in [1.807, 2.05) is 46.4 Å². The van der Waals surface area contributed by atoms with Gasteiger partial charge in [0, 0.05) is 18.0 Å². The predicted octanol–water partition coefficient (Wildman–Crippen LogP) is 3.82. The molecule has 0 radical (unpaired) electrons. The van der Waals surface area contributed by atoms with E-state index in [4.69, 9.17) is 9.52 Å². The third-order valence-electron chi connectivity index (χ3n) is 3.33. The van der Waals surface area contributed by atoms with E-state index in [9.17, 15) is 0 Å². The third-order valence-corrected chi connectivity index (χ3v) is 4.22. The van der Waals surface area contributed by atoms with Crippen LogP contribution >= 0.6 is 11.3 Å². The Hall–Kier alpha value is -2.37. The molecular weight excluding hydrogens is 284 g/mol. The molecule has 21 heavy (non-hydrogen) atoms. The molecule has 0 bridgehead atoms. The van der Waals surface area contributed by atoms with Crippen LogP contribution in [0.4, 0.5) is 0 Å². The zero-order valence-corrected chi connectivity index (χ0v) is 11.9. The topological polar surface area (TPSA) is 50.7 Å². The van der Waals surface area contributed by atoms with Gasteiger partial charge in [-0.25, -0.2) is 4.98 Å². The lowest BCUT2D eigenvalue weighted by Crippen LogP contribution is -1.84. The number of hydrogen-bond donors (Lipinski definition) is 1. The quantitative estimate of drug-likeness (QED) is 0.625. The Bertz CT molecular complexity index is 890. The highest BCUT2D eigenvalue weighted by Gasteiger charge is 2.08. The van der Waals surface area contributed by atoms with E-state index in [2.05, 4.69) is 11.1 Å². The standard InChI is InChI=1S/C16H12N2O2S/c19-10-12-4-5-14(20-12)11-3-6-16-17-13(9-18(16)8-11)15-2-1-7-21-15/h1-9,19H,10H2. The number of furan rings is 1. The molecule has 0 aromatic carbocycles. The zero-order chi connectivity index (χ0) is 14.2. The van der Waals surface area contributed by atoms with Gasteiger partial charge in [-0.05, 0) is 35.7 Å². The number of aromatic nitrogens is 2. The van der Waals surface area contributed by atoms with E-state index in [0.29, 0.717) is 5.76 Å². The Kier molecular flexibility index (Phi) is 2.87. The van der Waals surface area contributed by atoms with Crippen LogP contribution in [0.1, 0.15) is 5.76 Å². The maximum Gasteiger partial charge on any atom is 0.137 e. The van der Waals surface area contributed by atoms with E-state index in [-0.39, 0.29) is 6.61 Å². The summed E-state index contributed by atoms with van der Waals surface area (Å²) in [4.78, 5) is 5.77. The van der Waals surface area contributed by atoms with Crippen molar-refractivity contribution in [1.82, 2.24) is 9.38 Å². The molecule has 4 aromatic rings. The molecule has 0 aliphatic heterocycles. The van der Waals surface area contributed by atoms with Gasteiger partial charge in [-0.3, -0.25) is 0 Å². The van der Waals surface area contributed by atoms with Gasteiger partial charge in [0.1, 0.15) is 23.8 Å². The van der Waals surface area contributed by atoms with Gasteiger partial charge in [0.15, 0.2) is 0 Å². The fraction of sp³-hybridized carbons (Fsp3) is 0.0625. The average molecular weight is 296 g/mol. The van der Waals surface area contributed by atoms with Gasteiger partial charge in [-0.1, -0.05) is 6.07 Å². The maximum absolute atomic E-state index is 9.07. The summed E-state index contributed by atoms with van der Waals surface area (Å²) in [5.41, 5.74) is 2.83. The molecule has 0 aliphatic rings. The van der Waals surface area contributed by atoms with E-state index >= 15 is 0 Å². The van der Waals surface area contributed by atoms with Crippen molar-refractivity contribution in [3.63, 3.8) is 0 Å². The van der Waals surface area contributed by atoms with Crippen LogP contribution in [0.5, 0.6) is 0 Å². The van der Waals surface area contributed by atoms with Crippen LogP contribution in [0.3, 0.4) is 0 Å². The number of imidazole rings is 1. The molecule has 0 aliphatic carbocycles. The summed E-state index contributed by atoms with van der Waals surface area (Å²) in [5.74, 6) is 1.31. The molecule has 104 valence electrons. The van der Waals surface area contributed by atoms with Crippen molar-refractivity contribution in [2.75, 3.05) is 0 Å². The fourth-order valence-corrected chi connectivity index (χ4v) is 2.98. The Labute approximate surface area is 124 Å². The lowest BCUT2D eigenvalue weighted by molar-refractivity contribution is 0.248. The van der Waals surface area contributed by atoms with Crippen molar-refractivity contribution in [1.29, 1.82) is 0 Å². The number of aliphatic hydroxyl groups is 1. The largest absolute Gasteiger partial charge is 0.459 e. The second kappa shape index (κ2) is 4.87. The first-order valence-corrected chi connectivity index (χ1v) is 7.44. The molecule has 4 rings (SSSR count). The van der Waals surface area contributed by atoms with Crippen molar-refractivity contribution >= 4 is 17.0 Å². The molecule has 0 amide bonds. The smallest absolute Gasteiger partial charge is 0.137 e. The average Bonchev–Trinajstić information content (AvgIpc) is 3.24. The highest BCUT2D eigenvalue weighted by atomic mass is 32.1. The highest BCUT2D eigenvalue weighted by Crippen LogP contribution is 2.26. The number of nitrogens with zero attached hydrogens (tertiary/aromatic N) is 2. The maximum atomic E-state index is 9.07. The molecule has 4 aromatic heterocycles. The number of pyridine rings is 1. The number of thiophene rings is 1. The van der Waals surface area contributed by atoms with Crippen LogP contribution in [0.25, 0.3) is 27.5 Å². The second-order valence-corrected chi connectivity index (χ2v) is 5.66.